The highest BCUT2D eigenvalue weighted by atomic mass is 16.4. The van der Waals surface area contributed by atoms with Crippen LogP contribution in [0.15, 0.2) is 0 Å². The van der Waals surface area contributed by atoms with Crippen molar-refractivity contribution in [3.63, 3.8) is 0 Å². The van der Waals surface area contributed by atoms with E-state index in [0.717, 1.165) is 0 Å². The second-order valence-corrected chi connectivity index (χ2v) is 3.93. The van der Waals surface area contributed by atoms with Crippen LogP contribution in [0.4, 0.5) is 4.79 Å². The number of carboxylic acids is 1. The zero-order valence-corrected chi connectivity index (χ0v) is 9.76. The van der Waals surface area contributed by atoms with Crippen molar-refractivity contribution >= 4 is 12.0 Å². The number of tetrazole rings is 1. The Morgan fingerprint density at radius 3 is 2.59 bits per heavy atom. The minimum absolute atomic E-state index is 0.0787. The number of nitrogens with zero attached hydrogens (tertiary/aromatic N) is 4. The van der Waals surface area contributed by atoms with E-state index < -0.39 is 17.5 Å². The zero-order valence-electron chi connectivity index (χ0n) is 9.76. The van der Waals surface area contributed by atoms with Crippen molar-refractivity contribution in [3.8, 4) is 0 Å². The van der Waals surface area contributed by atoms with Crippen molar-refractivity contribution < 1.29 is 14.7 Å². The number of nitrogens with one attached hydrogen (secondary N) is 2. The van der Waals surface area contributed by atoms with E-state index in [1.165, 1.54) is 18.6 Å². The summed E-state index contributed by atoms with van der Waals surface area (Å²) in [5.41, 5.74) is -1.33. The first-order chi connectivity index (χ1) is 7.81. The summed E-state index contributed by atoms with van der Waals surface area (Å²) < 4.78 is 0. The molecule has 0 fully saturated rings. The minimum atomic E-state index is -1.33. The van der Waals surface area contributed by atoms with E-state index in [2.05, 4.69) is 26.0 Å². The van der Waals surface area contributed by atoms with Gasteiger partial charge in [-0.15, -0.1) is 10.2 Å². The van der Waals surface area contributed by atoms with Gasteiger partial charge in [0.1, 0.15) is 5.54 Å². The molecule has 1 aromatic heterocycles. The maximum Gasteiger partial charge on any atom is 0.328 e. The summed E-state index contributed by atoms with van der Waals surface area (Å²) in [6.07, 6.45) is 0. The smallest absolute Gasteiger partial charge is 0.328 e. The molecule has 0 spiro atoms. The maximum atomic E-state index is 11.4. The van der Waals surface area contributed by atoms with Gasteiger partial charge in [-0.3, -0.25) is 0 Å². The highest BCUT2D eigenvalue weighted by Crippen LogP contribution is 2.00. The molecule has 0 unspecified atom stereocenters. The molecule has 0 saturated carbocycles. The molecule has 0 saturated heterocycles. The predicted octanol–water partition coefficient (Wildman–Crippen LogP) is -1.13. The largest absolute Gasteiger partial charge is 0.480 e. The van der Waals surface area contributed by atoms with Gasteiger partial charge in [-0.25, -0.2) is 9.59 Å². The molecule has 1 rings (SSSR count). The number of aryl methyl sites for hydroxylation is 1. The number of aliphatic carboxylic acids is 1. The van der Waals surface area contributed by atoms with Crippen LogP contribution in [0.25, 0.3) is 0 Å². The van der Waals surface area contributed by atoms with Crippen molar-refractivity contribution in [2.24, 2.45) is 7.05 Å². The van der Waals surface area contributed by atoms with Crippen molar-refractivity contribution in [3.05, 3.63) is 5.82 Å². The van der Waals surface area contributed by atoms with Crippen LogP contribution in [0.1, 0.15) is 19.7 Å². The molecule has 0 radical (unpaired) electrons. The van der Waals surface area contributed by atoms with E-state index in [1.54, 1.807) is 7.05 Å². The van der Waals surface area contributed by atoms with E-state index in [0.29, 0.717) is 5.82 Å². The summed E-state index contributed by atoms with van der Waals surface area (Å²) in [6.45, 7) is 2.85. The summed E-state index contributed by atoms with van der Waals surface area (Å²) in [5, 5.41) is 24.6. The SMILES string of the molecule is Cn1nnc(CNC(=O)NC(C)(C)C(=O)O)n1. The van der Waals surface area contributed by atoms with Gasteiger partial charge in [0.15, 0.2) is 5.82 Å². The number of carbonyl (C=O) groups is 2. The van der Waals surface area contributed by atoms with Crippen LogP contribution >= 0.6 is 0 Å². The highest BCUT2D eigenvalue weighted by molar-refractivity contribution is 5.85. The molecule has 9 nitrogen and oxygen atoms in total. The molecular weight excluding hydrogens is 228 g/mol. The van der Waals surface area contributed by atoms with Gasteiger partial charge in [0.2, 0.25) is 0 Å². The van der Waals surface area contributed by atoms with Gasteiger partial charge in [-0.2, -0.15) is 4.80 Å². The first-order valence-electron chi connectivity index (χ1n) is 4.83. The van der Waals surface area contributed by atoms with E-state index in [9.17, 15) is 9.59 Å². The number of hydrogen-bond donors (Lipinski definition) is 3. The van der Waals surface area contributed by atoms with Crippen LogP contribution in [0.2, 0.25) is 0 Å². The monoisotopic (exact) mass is 242 g/mol. The number of rotatable bonds is 4. The molecule has 0 atom stereocenters. The lowest BCUT2D eigenvalue weighted by atomic mass is 10.1. The molecule has 1 aromatic rings. The number of carboxylic acid groups (broad SMARTS) is 1. The number of amides is 2. The van der Waals surface area contributed by atoms with Gasteiger partial charge < -0.3 is 15.7 Å². The van der Waals surface area contributed by atoms with Crippen LogP contribution in [-0.2, 0) is 18.4 Å². The Labute approximate surface area is 97.2 Å². The quantitative estimate of drug-likeness (QED) is 0.614. The summed E-state index contributed by atoms with van der Waals surface area (Å²) in [6, 6.07) is -0.607. The van der Waals surface area contributed by atoms with Gasteiger partial charge in [-0.05, 0) is 19.1 Å². The van der Waals surface area contributed by atoms with E-state index in [1.807, 2.05) is 0 Å². The van der Waals surface area contributed by atoms with Crippen LogP contribution in [0.5, 0.6) is 0 Å². The Bertz CT molecular complexity index is 427. The molecular formula is C8H14N6O3. The Hall–Kier alpha value is -2.19. The fourth-order valence-electron chi connectivity index (χ4n) is 0.935. The second-order valence-electron chi connectivity index (χ2n) is 3.93. The highest BCUT2D eigenvalue weighted by Gasteiger charge is 2.28. The fourth-order valence-corrected chi connectivity index (χ4v) is 0.935. The van der Waals surface area contributed by atoms with Crippen LogP contribution < -0.4 is 10.6 Å². The molecule has 1 heterocycles. The van der Waals surface area contributed by atoms with Crippen molar-refractivity contribution in [2.45, 2.75) is 25.9 Å². The van der Waals surface area contributed by atoms with Gasteiger partial charge in [0.25, 0.3) is 0 Å². The molecule has 0 bridgehead atoms. The Kier molecular flexibility index (Phi) is 3.61. The Morgan fingerprint density at radius 2 is 2.12 bits per heavy atom. The van der Waals surface area contributed by atoms with Crippen LogP contribution in [-0.4, -0.2) is 42.9 Å². The summed E-state index contributed by atoms with van der Waals surface area (Å²) in [5.74, 6) is -0.777. The maximum absolute atomic E-state index is 11.4. The lowest BCUT2D eigenvalue weighted by Crippen LogP contribution is -2.53. The standard InChI is InChI=1S/C8H14N6O3/c1-8(2,6(15)16)10-7(17)9-4-5-11-13-14(3)12-5/h4H2,1-3H3,(H,15,16)(H2,9,10,17). The topological polar surface area (TPSA) is 122 Å². The average Bonchev–Trinajstić information content (AvgIpc) is 2.60. The fraction of sp³-hybridized carbons (Fsp3) is 0.625. The molecule has 9 heteroatoms. The van der Waals surface area contributed by atoms with Crippen LogP contribution in [0, 0.1) is 0 Å². The Morgan fingerprint density at radius 1 is 1.47 bits per heavy atom. The molecule has 0 aliphatic rings. The molecule has 3 N–H and O–H groups in total. The number of aromatic nitrogens is 4. The third-order valence-electron chi connectivity index (χ3n) is 1.92. The summed E-state index contributed by atoms with van der Waals surface area (Å²) >= 11 is 0. The minimum Gasteiger partial charge on any atom is -0.480 e. The number of carbonyl (C=O) groups excluding carboxylic acids is 1. The molecule has 94 valence electrons. The van der Waals surface area contributed by atoms with Crippen LogP contribution in [0.3, 0.4) is 0 Å². The normalized spacial score (nSPS) is 11.0. The predicted molar refractivity (Wildman–Crippen MR) is 55.9 cm³/mol. The van der Waals surface area contributed by atoms with Gasteiger partial charge in [0, 0.05) is 0 Å². The molecule has 0 aromatic carbocycles. The van der Waals surface area contributed by atoms with Gasteiger partial charge in [-0.1, -0.05) is 0 Å². The van der Waals surface area contributed by atoms with Crippen molar-refractivity contribution in [1.82, 2.24) is 30.8 Å². The number of hydrogen-bond acceptors (Lipinski definition) is 5. The van der Waals surface area contributed by atoms with Crippen molar-refractivity contribution in [1.29, 1.82) is 0 Å². The summed E-state index contributed by atoms with van der Waals surface area (Å²) in [4.78, 5) is 23.4. The van der Waals surface area contributed by atoms with E-state index in [-0.39, 0.29) is 6.54 Å². The first-order valence-corrected chi connectivity index (χ1v) is 4.83. The van der Waals surface area contributed by atoms with Gasteiger partial charge in [0.05, 0.1) is 13.6 Å². The first kappa shape index (κ1) is 12.9. The summed E-state index contributed by atoms with van der Waals surface area (Å²) in [7, 11) is 1.60. The Balaban J connectivity index is 2.43. The molecule has 0 aliphatic carbocycles. The number of urea groups is 1. The molecule has 0 aliphatic heterocycles. The molecule has 17 heavy (non-hydrogen) atoms. The average molecular weight is 242 g/mol. The van der Waals surface area contributed by atoms with E-state index in [4.69, 9.17) is 5.11 Å². The van der Waals surface area contributed by atoms with E-state index >= 15 is 0 Å². The van der Waals surface area contributed by atoms with Gasteiger partial charge >= 0.3 is 12.0 Å². The lowest BCUT2D eigenvalue weighted by Gasteiger charge is -2.20. The molecule has 2 amide bonds. The third kappa shape index (κ3) is 3.70. The zero-order chi connectivity index (χ0) is 13.1. The third-order valence-corrected chi connectivity index (χ3v) is 1.92. The lowest BCUT2D eigenvalue weighted by molar-refractivity contribution is -0.142. The van der Waals surface area contributed by atoms with Crippen molar-refractivity contribution in [2.75, 3.05) is 0 Å². The second kappa shape index (κ2) is 4.76.